The Balaban J connectivity index is 1.89. The summed E-state index contributed by atoms with van der Waals surface area (Å²) < 4.78 is 45.0. The van der Waals surface area contributed by atoms with Gasteiger partial charge in [-0.2, -0.15) is 13.8 Å². The predicted octanol–water partition coefficient (Wildman–Crippen LogP) is 5.09. The van der Waals surface area contributed by atoms with Crippen LogP contribution in [0.3, 0.4) is 0 Å². The summed E-state index contributed by atoms with van der Waals surface area (Å²) in [5.41, 5.74) is 1.13. The van der Waals surface area contributed by atoms with Gasteiger partial charge in [0.25, 0.3) is 5.89 Å². The van der Waals surface area contributed by atoms with Crippen LogP contribution in [-0.4, -0.2) is 31.0 Å². The third kappa shape index (κ3) is 4.40. The van der Waals surface area contributed by atoms with Crippen LogP contribution in [0.25, 0.3) is 22.5 Å². The summed E-state index contributed by atoms with van der Waals surface area (Å²) in [5.74, 6) is 1.00. The molecule has 0 aliphatic heterocycles. The van der Waals surface area contributed by atoms with Crippen LogP contribution in [0.2, 0.25) is 0 Å². The van der Waals surface area contributed by atoms with Gasteiger partial charge in [0.15, 0.2) is 11.5 Å². The fourth-order valence-corrected chi connectivity index (χ4v) is 2.64. The molecule has 0 unspecified atom stereocenters. The molecule has 0 aliphatic carbocycles. The first-order valence-corrected chi connectivity index (χ1v) is 8.37. The number of methoxy groups -OCH3 is 2. The lowest BCUT2D eigenvalue weighted by molar-refractivity contribution is -0.0512. The first-order valence-electron chi connectivity index (χ1n) is 7.99. The lowest BCUT2D eigenvalue weighted by Crippen LogP contribution is -2.03. The number of hydrogen-bond donors (Lipinski definition) is 0. The van der Waals surface area contributed by atoms with Crippen molar-refractivity contribution in [3.63, 3.8) is 0 Å². The first-order chi connectivity index (χ1) is 13.5. The second kappa shape index (κ2) is 8.71. The molecule has 28 heavy (non-hydrogen) atoms. The second-order valence-electron chi connectivity index (χ2n) is 5.40. The molecule has 0 bridgehead atoms. The number of hydrogen-bond acceptors (Lipinski definition) is 6. The van der Waals surface area contributed by atoms with Crippen molar-refractivity contribution in [1.29, 1.82) is 0 Å². The van der Waals surface area contributed by atoms with E-state index in [-0.39, 0.29) is 22.4 Å². The smallest absolute Gasteiger partial charge is 0.387 e. The van der Waals surface area contributed by atoms with E-state index in [4.69, 9.17) is 25.6 Å². The van der Waals surface area contributed by atoms with Gasteiger partial charge in [-0.3, -0.25) is 0 Å². The fourth-order valence-electron chi connectivity index (χ4n) is 2.44. The summed E-state index contributed by atoms with van der Waals surface area (Å²) in [7, 11) is 2.89. The number of benzene rings is 2. The Labute approximate surface area is 164 Å². The molecule has 9 heteroatoms. The van der Waals surface area contributed by atoms with Crippen LogP contribution in [0.5, 0.6) is 17.2 Å². The topological polar surface area (TPSA) is 66.6 Å². The minimum Gasteiger partial charge on any atom is -0.496 e. The van der Waals surface area contributed by atoms with Gasteiger partial charge in [-0.1, -0.05) is 35.0 Å². The highest BCUT2D eigenvalue weighted by Gasteiger charge is 2.16. The van der Waals surface area contributed by atoms with E-state index in [2.05, 4.69) is 14.9 Å². The Kier molecular flexibility index (Phi) is 6.10. The van der Waals surface area contributed by atoms with Crippen molar-refractivity contribution in [3.8, 4) is 28.6 Å². The fraction of sp³-hybridized carbons (Fsp3) is 0.158. The zero-order valence-electron chi connectivity index (χ0n) is 14.9. The second-order valence-corrected chi connectivity index (χ2v) is 5.81. The average Bonchev–Trinajstić information content (AvgIpc) is 3.18. The summed E-state index contributed by atoms with van der Waals surface area (Å²) in [5, 5.41) is 4.03. The molecule has 1 aromatic heterocycles. The zero-order chi connectivity index (χ0) is 20.1. The Morgan fingerprint density at radius 1 is 1.07 bits per heavy atom. The number of alkyl halides is 2. The van der Waals surface area contributed by atoms with Crippen LogP contribution in [-0.2, 0) is 0 Å². The summed E-state index contributed by atoms with van der Waals surface area (Å²) in [6, 6.07) is 11.7. The molecule has 0 radical (unpaired) electrons. The summed E-state index contributed by atoms with van der Waals surface area (Å²) >= 11 is 6.26. The SMILES string of the molecule is COc1ccc(/C=C(\Cl)c2nc(-c3ccccc3OC)no2)cc1OC(F)F. The Hall–Kier alpha value is -3.13. The van der Waals surface area contributed by atoms with Crippen molar-refractivity contribution in [1.82, 2.24) is 10.1 Å². The normalized spacial score (nSPS) is 11.6. The van der Waals surface area contributed by atoms with Gasteiger partial charge in [0.2, 0.25) is 5.82 Å². The molecular formula is C19H15ClF2N2O4. The van der Waals surface area contributed by atoms with Crippen LogP contribution >= 0.6 is 11.6 Å². The maximum Gasteiger partial charge on any atom is 0.387 e. The number of aromatic nitrogens is 2. The number of ether oxygens (including phenoxy) is 3. The molecule has 0 fully saturated rings. The van der Waals surface area contributed by atoms with Gasteiger partial charge in [0.05, 0.1) is 19.8 Å². The van der Waals surface area contributed by atoms with E-state index in [0.717, 1.165) is 0 Å². The van der Waals surface area contributed by atoms with Gasteiger partial charge in [-0.25, -0.2) is 0 Å². The van der Waals surface area contributed by atoms with E-state index in [9.17, 15) is 8.78 Å². The molecule has 0 saturated heterocycles. The molecule has 3 rings (SSSR count). The molecule has 3 aromatic rings. The number of halogens is 3. The number of nitrogens with zero attached hydrogens (tertiary/aromatic N) is 2. The standard InChI is InChI=1S/C19H15ClF2N2O4/c1-25-14-6-4-3-5-12(14)17-23-18(28-24-17)13(20)9-11-7-8-15(26-2)16(10-11)27-19(21)22/h3-10,19H,1-2H3/b13-9-. The average molecular weight is 409 g/mol. The van der Waals surface area contributed by atoms with Crippen molar-refractivity contribution < 1.29 is 27.5 Å². The molecule has 0 atom stereocenters. The van der Waals surface area contributed by atoms with Gasteiger partial charge in [-0.05, 0) is 35.9 Å². The molecule has 0 N–H and O–H groups in total. The van der Waals surface area contributed by atoms with Gasteiger partial charge in [0, 0.05) is 0 Å². The molecule has 146 valence electrons. The minimum absolute atomic E-state index is 0.0646. The van der Waals surface area contributed by atoms with Crippen molar-refractivity contribution in [3.05, 3.63) is 53.9 Å². The highest BCUT2D eigenvalue weighted by atomic mass is 35.5. The maximum atomic E-state index is 12.6. The molecule has 0 saturated carbocycles. The molecule has 6 nitrogen and oxygen atoms in total. The minimum atomic E-state index is -2.98. The summed E-state index contributed by atoms with van der Waals surface area (Å²) in [6.45, 7) is -2.98. The Bertz CT molecular complexity index is 992. The monoisotopic (exact) mass is 408 g/mol. The van der Waals surface area contributed by atoms with Crippen molar-refractivity contribution >= 4 is 22.7 Å². The van der Waals surface area contributed by atoms with E-state index in [0.29, 0.717) is 22.7 Å². The van der Waals surface area contributed by atoms with Crippen LogP contribution < -0.4 is 14.2 Å². The first kappa shape index (κ1) is 19.6. The molecule has 1 heterocycles. The van der Waals surface area contributed by atoms with Gasteiger partial charge in [0.1, 0.15) is 10.8 Å². The molecule has 0 amide bonds. The quantitative estimate of drug-likeness (QED) is 0.542. The lowest BCUT2D eigenvalue weighted by Gasteiger charge is -2.10. The number of para-hydroxylation sites is 1. The van der Waals surface area contributed by atoms with E-state index in [1.54, 1.807) is 18.2 Å². The van der Waals surface area contributed by atoms with E-state index in [1.807, 2.05) is 12.1 Å². The maximum absolute atomic E-state index is 12.6. The van der Waals surface area contributed by atoms with Crippen LogP contribution in [0.15, 0.2) is 47.0 Å². The summed E-state index contributed by atoms with van der Waals surface area (Å²) in [4.78, 5) is 4.26. The van der Waals surface area contributed by atoms with Gasteiger partial charge < -0.3 is 18.7 Å². The summed E-state index contributed by atoms with van der Waals surface area (Å²) in [6.07, 6.45) is 1.48. The molecule has 0 aliphatic rings. The van der Waals surface area contributed by atoms with E-state index < -0.39 is 6.61 Å². The third-order valence-electron chi connectivity index (χ3n) is 3.68. The van der Waals surface area contributed by atoms with Crippen molar-refractivity contribution in [2.24, 2.45) is 0 Å². The molecule has 2 aromatic carbocycles. The Morgan fingerprint density at radius 2 is 1.82 bits per heavy atom. The van der Waals surface area contributed by atoms with Crippen molar-refractivity contribution in [2.75, 3.05) is 14.2 Å². The van der Waals surface area contributed by atoms with E-state index >= 15 is 0 Å². The highest BCUT2D eigenvalue weighted by molar-refractivity contribution is 6.50. The van der Waals surface area contributed by atoms with Crippen LogP contribution in [0, 0.1) is 0 Å². The lowest BCUT2D eigenvalue weighted by atomic mass is 10.2. The van der Waals surface area contributed by atoms with Gasteiger partial charge >= 0.3 is 6.61 Å². The number of rotatable bonds is 7. The van der Waals surface area contributed by atoms with Crippen LogP contribution in [0.1, 0.15) is 11.5 Å². The molecule has 0 spiro atoms. The highest BCUT2D eigenvalue weighted by Crippen LogP contribution is 2.32. The zero-order valence-corrected chi connectivity index (χ0v) is 15.6. The largest absolute Gasteiger partial charge is 0.496 e. The Morgan fingerprint density at radius 3 is 2.54 bits per heavy atom. The molecular weight excluding hydrogens is 394 g/mol. The predicted molar refractivity (Wildman–Crippen MR) is 99.6 cm³/mol. The van der Waals surface area contributed by atoms with E-state index in [1.165, 1.54) is 32.4 Å². The van der Waals surface area contributed by atoms with Crippen LogP contribution in [0.4, 0.5) is 8.78 Å². The van der Waals surface area contributed by atoms with Gasteiger partial charge in [-0.15, -0.1) is 0 Å². The third-order valence-corrected chi connectivity index (χ3v) is 3.95. The van der Waals surface area contributed by atoms with Crippen molar-refractivity contribution in [2.45, 2.75) is 6.61 Å².